The third-order valence-electron chi connectivity index (χ3n) is 4.26. The van der Waals surface area contributed by atoms with Crippen molar-refractivity contribution in [3.8, 4) is 22.8 Å². The van der Waals surface area contributed by atoms with E-state index in [1.165, 1.54) is 19.1 Å². The van der Waals surface area contributed by atoms with E-state index in [1.807, 2.05) is 0 Å². The quantitative estimate of drug-likeness (QED) is 0.277. The fourth-order valence-corrected chi connectivity index (χ4v) is 2.95. The minimum absolute atomic E-state index is 0.0114. The van der Waals surface area contributed by atoms with Gasteiger partial charge < -0.3 is 10.2 Å². The first-order valence-electron chi connectivity index (χ1n) is 8.40. The van der Waals surface area contributed by atoms with Crippen molar-refractivity contribution in [2.75, 3.05) is 0 Å². The van der Waals surface area contributed by atoms with Crippen LogP contribution in [0, 0.1) is 17.0 Å². The Morgan fingerprint density at radius 3 is 2.30 bits per heavy atom. The highest BCUT2D eigenvalue weighted by Gasteiger charge is 2.38. The highest BCUT2D eigenvalue weighted by molar-refractivity contribution is 6.14. The van der Waals surface area contributed by atoms with E-state index in [4.69, 9.17) is 0 Å². The molecule has 0 aliphatic carbocycles. The van der Waals surface area contributed by atoms with Crippen LogP contribution in [0.15, 0.2) is 48.5 Å². The Balaban J connectivity index is 2.35. The second-order valence-corrected chi connectivity index (χ2v) is 6.35. The van der Waals surface area contributed by atoms with Gasteiger partial charge in [0.25, 0.3) is 0 Å². The van der Waals surface area contributed by atoms with Crippen LogP contribution in [-0.2, 0) is 6.18 Å². The molecule has 0 saturated carbocycles. The number of pyridine rings is 1. The molecule has 3 rings (SSSR count). The number of hydrogen-bond donors (Lipinski definition) is 2. The van der Waals surface area contributed by atoms with Crippen LogP contribution in [0.4, 0.5) is 18.9 Å². The summed E-state index contributed by atoms with van der Waals surface area (Å²) in [5.74, 6) is -3.35. The van der Waals surface area contributed by atoms with Gasteiger partial charge in [0.2, 0.25) is 5.75 Å². The number of phenols is 2. The molecule has 7 nitrogen and oxygen atoms in total. The summed E-state index contributed by atoms with van der Waals surface area (Å²) < 4.78 is 41.3. The summed E-state index contributed by atoms with van der Waals surface area (Å²) in [5.41, 5.74) is -3.74. The van der Waals surface area contributed by atoms with Gasteiger partial charge in [-0.3, -0.25) is 19.9 Å². The third-order valence-corrected chi connectivity index (χ3v) is 4.26. The molecule has 0 unspecified atom stereocenters. The number of halogens is 3. The van der Waals surface area contributed by atoms with E-state index >= 15 is 0 Å². The lowest BCUT2D eigenvalue weighted by Crippen LogP contribution is -2.17. The average Bonchev–Trinajstić information content (AvgIpc) is 2.68. The summed E-state index contributed by atoms with van der Waals surface area (Å²) in [6.07, 6.45) is -4.92. The minimum atomic E-state index is -4.92. The Morgan fingerprint density at radius 1 is 1.10 bits per heavy atom. The maximum absolute atomic E-state index is 13.8. The Morgan fingerprint density at radius 2 is 1.73 bits per heavy atom. The zero-order valence-corrected chi connectivity index (χ0v) is 15.3. The summed E-state index contributed by atoms with van der Waals surface area (Å²) in [6, 6.07) is 9.65. The number of nitrogens with zero attached hydrogens (tertiary/aromatic N) is 2. The molecule has 0 aliphatic heterocycles. The number of aromatic nitrogens is 1. The summed E-state index contributed by atoms with van der Waals surface area (Å²) >= 11 is 0. The van der Waals surface area contributed by atoms with Crippen molar-refractivity contribution in [1.29, 1.82) is 0 Å². The molecule has 3 aromatic rings. The van der Waals surface area contributed by atoms with Gasteiger partial charge in [0.05, 0.1) is 21.7 Å². The molecule has 30 heavy (non-hydrogen) atoms. The van der Waals surface area contributed by atoms with Crippen molar-refractivity contribution in [2.24, 2.45) is 0 Å². The molecular weight excluding hydrogens is 405 g/mol. The molecule has 0 fully saturated rings. The lowest BCUT2D eigenvalue weighted by Gasteiger charge is -2.17. The number of carbonyl (C=O) groups is 1. The number of ketones is 1. The molecule has 0 saturated heterocycles. The molecule has 0 atom stereocenters. The lowest BCUT2D eigenvalue weighted by atomic mass is 9.92. The highest BCUT2D eigenvalue weighted by Crippen LogP contribution is 2.40. The normalized spacial score (nSPS) is 11.3. The Kier molecular flexibility index (Phi) is 5.17. The predicted octanol–water partition coefficient (Wildman–Crippen LogP) is 4.63. The summed E-state index contributed by atoms with van der Waals surface area (Å²) in [7, 11) is 0. The number of aryl methyl sites for hydroxylation is 1. The van der Waals surface area contributed by atoms with Gasteiger partial charge in [0.1, 0.15) is 0 Å². The number of benzene rings is 2. The molecule has 2 aromatic carbocycles. The van der Waals surface area contributed by atoms with E-state index in [2.05, 4.69) is 4.98 Å². The van der Waals surface area contributed by atoms with Gasteiger partial charge in [0, 0.05) is 22.9 Å². The van der Waals surface area contributed by atoms with E-state index in [0.717, 1.165) is 0 Å². The SMILES string of the molecule is Cc1cc(C(F)(F)F)c(C(=O)c2cc(O)c(O)c([N+](=O)[O-])c2)c(-c2ccccc2)n1. The molecular formula is C20H13F3N2O5. The fraction of sp³-hybridized carbons (Fsp3) is 0.100. The van der Waals surface area contributed by atoms with E-state index in [0.29, 0.717) is 18.2 Å². The minimum Gasteiger partial charge on any atom is -0.504 e. The molecule has 10 heteroatoms. The van der Waals surface area contributed by atoms with Gasteiger partial charge in [-0.2, -0.15) is 13.2 Å². The molecule has 1 aromatic heterocycles. The standard InChI is InChI=1S/C20H13F3N2O5/c1-10-7-13(20(21,22)23)16(17(24-10)11-5-3-2-4-6-11)18(27)12-8-14(25(29)30)19(28)15(26)9-12/h2-9,26,28H,1H3. The first-order valence-corrected chi connectivity index (χ1v) is 8.40. The highest BCUT2D eigenvalue weighted by atomic mass is 19.4. The smallest absolute Gasteiger partial charge is 0.417 e. The van der Waals surface area contributed by atoms with E-state index < -0.39 is 50.8 Å². The zero-order valence-electron chi connectivity index (χ0n) is 15.3. The number of aromatic hydroxyl groups is 2. The van der Waals surface area contributed by atoms with Gasteiger partial charge >= 0.3 is 11.9 Å². The van der Waals surface area contributed by atoms with Crippen molar-refractivity contribution >= 4 is 11.5 Å². The third kappa shape index (κ3) is 3.79. The topological polar surface area (TPSA) is 114 Å². The number of nitro benzene ring substituents is 1. The molecule has 154 valence electrons. The van der Waals surface area contributed by atoms with Crippen molar-refractivity contribution < 1.29 is 33.1 Å². The van der Waals surface area contributed by atoms with Crippen molar-refractivity contribution in [3.63, 3.8) is 0 Å². The van der Waals surface area contributed by atoms with Gasteiger partial charge in [-0.15, -0.1) is 0 Å². The first kappa shape index (κ1) is 20.8. The number of hydrogen-bond acceptors (Lipinski definition) is 6. The molecule has 2 N–H and O–H groups in total. The molecule has 0 radical (unpaired) electrons. The fourth-order valence-electron chi connectivity index (χ4n) is 2.95. The van der Waals surface area contributed by atoms with Gasteiger partial charge in [0.15, 0.2) is 11.5 Å². The van der Waals surface area contributed by atoms with E-state index in [1.54, 1.807) is 18.2 Å². The number of carbonyl (C=O) groups excluding carboxylic acids is 1. The van der Waals surface area contributed by atoms with Crippen molar-refractivity contribution in [3.05, 3.63) is 81.0 Å². The number of phenolic OH excluding ortho intramolecular Hbond substituents is 2. The summed E-state index contributed by atoms with van der Waals surface area (Å²) in [6.45, 7) is 1.34. The Labute approximate surface area is 167 Å². The van der Waals surface area contributed by atoms with Crippen molar-refractivity contribution in [2.45, 2.75) is 13.1 Å². The second kappa shape index (κ2) is 7.47. The van der Waals surface area contributed by atoms with Crippen LogP contribution in [0.5, 0.6) is 11.5 Å². The van der Waals surface area contributed by atoms with Gasteiger partial charge in [-0.05, 0) is 19.1 Å². The summed E-state index contributed by atoms with van der Waals surface area (Å²) in [5, 5.41) is 30.4. The largest absolute Gasteiger partial charge is 0.504 e. The van der Waals surface area contributed by atoms with Crippen LogP contribution in [-0.4, -0.2) is 25.9 Å². The predicted molar refractivity (Wildman–Crippen MR) is 99.3 cm³/mol. The molecule has 0 spiro atoms. The molecule has 0 aliphatic rings. The number of alkyl halides is 3. The van der Waals surface area contributed by atoms with E-state index in [9.17, 15) is 38.3 Å². The van der Waals surface area contributed by atoms with Gasteiger partial charge in [-0.25, -0.2) is 0 Å². The Bertz CT molecular complexity index is 1160. The van der Waals surface area contributed by atoms with Crippen LogP contribution in [0.2, 0.25) is 0 Å². The van der Waals surface area contributed by atoms with Crippen LogP contribution in [0.25, 0.3) is 11.3 Å². The van der Waals surface area contributed by atoms with E-state index in [-0.39, 0.29) is 17.0 Å². The molecule has 0 amide bonds. The van der Waals surface area contributed by atoms with Crippen LogP contribution < -0.4 is 0 Å². The lowest BCUT2D eigenvalue weighted by molar-refractivity contribution is -0.386. The van der Waals surface area contributed by atoms with Crippen molar-refractivity contribution in [1.82, 2.24) is 4.98 Å². The number of rotatable bonds is 4. The van der Waals surface area contributed by atoms with Crippen LogP contribution in [0.3, 0.4) is 0 Å². The van der Waals surface area contributed by atoms with Crippen LogP contribution >= 0.6 is 0 Å². The maximum Gasteiger partial charge on any atom is 0.417 e. The second-order valence-electron chi connectivity index (χ2n) is 6.35. The van der Waals surface area contributed by atoms with Gasteiger partial charge in [-0.1, -0.05) is 30.3 Å². The zero-order chi connectivity index (χ0) is 22.2. The summed E-state index contributed by atoms with van der Waals surface area (Å²) in [4.78, 5) is 27.2. The molecule has 1 heterocycles. The Hall–Kier alpha value is -3.95. The molecule has 0 bridgehead atoms. The maximum atomic E-state index is 13.8. The first-order chi connectivity index (χ1) is 14.0. The number of nitro groups is 1. The monoisotopic (exact) mass is 418 g/mol. The average molecular weight is 418 g/mol. The van der Waals surface area contributed by atoms with Crippen LogP contribution in [0.1, 0.15) is 27.2 Å².